The topological polar surface area (TPSA) is 125 Å². The van der Waals surface area contributed by atoms with Crippen LogP contribution in [0, 0.1) is 0 Å². The minimum Gasteiger partial charge on any atom is -0.370 e. The predicted octanol–water partition coefficient (Wildman–Crippen LogP) is -0.225. The molecular formula is C10H13N7O. The largest absolute Gasteiger partial charge is 0.370 e. The Morgan fingerprint density at radius 3 is 2.89 bits per heavy atom. The molecule has 0 saturated heterocycles. The van der Waals surface area contributed by atoms with E-state index in [1.54, 1.807) is 12.3 Å². The van der Waals surface area contributed by atoms with Crippen LogP contribution in [0.5, 0.6) is 0 Å². The lowest BCUT2D eigenvalue weighted by molar-refractivity contribution is 0.0995. The van der Waals surface area contributed by atoms with Gasteiger partial charge in [-0.25, -0.2) is 4.68 Å². The fraction of sp³-hybridized carbons (Fsp3) is 0.200. The zero-order valence-electron chi connectivity index (χ0n) is 9.79. The summed E-state index contributed by atoms with van der Waals surface area (Å²) in [6.07, 6.45) is 1.58. The van der Waals surface area contributed by atoms with Crippen LogP contribution in [0.2, 0.25) is 0 Å². The normalized spacial score (nSPS) is 10.3. The molecular weight excluding hydrogens is 234 g/mol. The van der Waals surface area contributed by atoms with Crippen molar-refractivity contribution < 1.29 is 4.79 Å². The van der Waals surface area contributed by atoms with Crippen LogP contribution in [-0.2, 0) is 0 Å². The summed E-state index contributed by atoms with van der Waals surface area (Å²) in [6, 6.07) is 3.19. The fourth-order valence-electron chi connectivity index (χ4n) is 1.42. The Morgan fingerprint density at radius 1 is 1.50 bits per heavy atom. The molecule has 0 aliphatic rings. The van der Waals surface area contributed by atoms with Gasteiger partial charge in [0.2, 0.25) is 5.95 Å². The number of carbonyl (C=O) groups is 1. The molecule has 2 heterocycles. The lowest BCUT2D eigenvalue weighted by Crippen LogP contribution is -2.13. The lowest BCUT2D eigenvalue weighted by Gasteiger charge is -2.06. The number of hydrogen-bond donors (Lipinski definition) is 3. The molecule has 5 N–H and O–H groups in total. The molecule has 0 saturated carbocycles. The second kappa shape index (κ2) is 4.70. The highest BCUT2D eigenvalue weighted by atomic mass is 16.1. The maximum absolute atomic E-state index is 11.0. The van der Waals surface area contributed by atoms with Crippen molar-refractivity contribution in [2.75, 3.05) is 17.6 Å². The van der Waals surface area contributed by atoms with Crippen LogP contribution >= 0.6 is 0 Å². The van der Waals surface area contributed by atoms with E-state index in [1.807, 2.05) is 6.92 Å². The van der Waals surface area contributed by atoms with Crippen molar-refractivity contribution in [1.82, 2.24) is 19.7 Å². The van der Waals surface area contributed by atoms with Gasteiger partial charge in [-0.2, -0.15) is 15.1 Å². The molecule has 2 aromatic heterocycles. The van der Waals surface area contributed by atoms with Crippen molar-refractivity contribution in [3.63, 3.8) is 0 Å². The Bertz CT molecular complexity index is 577. The van der Waals surface area contributed by atoms with Crippen LogP contribution in [0.4, 0.5) is 11.8 Å². The number of amides is 1. The molecule has 0 fully saturated rings. The second-order valence-electron chi connectivity index (χ2n) is 3.51. The van der Waals surface area contributed by atoms with Crippen molar-refractivity contribution in [3.05, 3.63) is 24.0 Å². The van der Waals surface area contributed by atoms with E-state index in [0.717, 1.165) is 0 Å². The minimum atomic E-state index is -0.595. The number of anilines is 2. The maximum Gasteiger partial charge on any atom is 0.269 e. The van der Waals surface area contributed by atoms with Crippen molar-refractivity contribution in [2.45, 2.75) is 6.92 Å². The summed E-state index contributed by atoms with van der Waals surface area (Å²) in [5.41, 5.74) is 10.9. The molecule has 0 aliphatic carbocycles. The van der Waals surface area contributed by atoms with Crippen LogP contribution in [0.1, 0.15) is 17.4 Å². The van der Waals surface area contributed by atoms with Crippen molar-refractivity contribution >= 4 is 17.7 Å². The molecule has 8 heteroatoms. The Morgan fingerprint density at radius 2 is 2.28 bits per heavy atom. The van der Waals surface area contributed by atoms with E-state index in [1.165, 1.54) is 10.7 Å². The van der Waals surface area contributed by atoms with Crippen LogP contribution in [0.15, 0.2) is 18.3 Å². The summed E-state index contributed by atoms with van der Waals surface area (Å²) in [6.45, 7) is 2.65. The van der Waals surface area contributed by atoms with E-state index in [9.17, 15) is 4.79 Å². The molecule has 0 bridgehead atoms. The SMILES string of the molecule is CCNc1cc(-n2ccc(C(N)=O)n2)nc(N)n1. The number of nitrogens with zero attached hydrogens (tertiary/aromatic N) is 4. The fourth-order valence-corrected chi connectivity index (χ4v) is 1.42. The summed E-state index contributed by atoms with van der Waals surface area (Å²) in [5.74, 6) is 0.587. The van der Waals surface area contributed by atoms with Gasteiger partial charge in [-0.15, -0.1) is 0 Å². The van der Waals surface area contributed by atoms with Gasteiger partial charge in [0.1, 0.15) is 11.5 Å². The van der Waals surface area contributed by atoms with Gasteiger partial charge in [0.25, 0.3) is 5.91 Å². The molecule has 0 atom stereocenters. The molecule has 0 aromatic carbocycles. The van der Waals surface area contributed by atoms with E-state index >= 15 is 0 Å². The maximum atomic E-state index is 11.0. The third-order valence-electron chi connectivity index (χ3n) is 2.16. The molecule has 0 unspecified atom stereocenters. The Labute approximate surface area is 103 Å². The molecule has 18 heavy (non-hydrogen) atoms. The van der Waals surface area contributed by atoms with E-state index in [2.05, 4.69) is 20.4 Å². The third kappa shape index (κ3) is 2.37. The molecule has 1 amide bonds. The van der Waals surface area contributed by atoms with Gasteiger partial charge in [-0.3, -0.25) is 4.79 Å². The molecule has 0 radical (unpaired) electrons. The molecule has 2 aromatic rings. The van der Waals surface area contributed by atoms with Gasteiger partial charge in [-0.1, -0.05) is 0 Å². The van der Waals surface area contributed by atoms with E-state index in [-0.39, 0.29) is 11.6 Å². The first-order valence-electron chi connectivity index (χ1n) is 5.34. The van der Waals surface area contributed by atoms with E-state index in [0.29, 0.717) is 18.2 Å². The number of aromatic nitrogens is 4. The highest BCUT2D eigenvalue weighted by Gasteiger charge is 2.08. The Kier molecular flexibility index (Phi) is 3.09. The summed E-state index contributed by atoms with van der Waals surface area (Å²) >= 11 is 0. The van der Waals surface area contributed by atoms with Crippen LogP contribution < -0.4 is 16.8 Å². The average Bonchev–Trinajstić information content (AvgIpc) is 2.78. The first-order valence-corrected chi connectivity index (χ1v) is 5.34. The Balaban J connectivity index is 2.39. The average molecular weight is 247 g/mol. The summed E-state index contributed by atoms with van der Waals surface area (Å²) in [7, 11) is 0. The standard InChI is InChI=1S/C10H13N7O/c1-2-13-7-5-8(15-10(12)14-7)17-4-3-6(16-17)9(11)18/h3-5H,2H2,1H3,(H2,11,18)(H3,12,13,14,15). The number of nitrogen functional groups attached to an aromatic ring is 1. The number of nitrogens with one attached hydrogen (secondary N) is 1. The summed E-state index contributed by atoms with van der Waals surface area (Å²) in [4.78, 5) is 19.0. The van der Waals surface area contributed by atoms with Crippen molar-refractivity contribution in [3.8, 4) is 5.82 Å². The van der Waals surface area contributed by atoms with Crippen molar-refractivity contribution in [2.24, 2.45) is 5.73 Å². The number of hydrogen-bond acceptors (Lipinski definition) is 6. The first kappa shape index (κ1) is 11.8. The monoisotopic (exact) mass is 247 g/mol. The van der Waals surface area contributed by atoms with Crippen LogP contribution in [0.25, 0.3) is 5.82 Å². The minimum absolute atomic E-state index is 0.125. The van der Waals surface area contributed by atoms with Gasteiger partial charge in [0.15, 0.2) is 5.82 Å². The highest BCUT2D eigenvalue weighted by Crippen LogP contribution is 2.11. The zero-order chi connectivity index (χ0) is 13.1. The molecule has 0 aliphatic heterocycles. The second-order valence-corrected chi connectivity index (χ2v) is 3.51. The molecule has 8 nitrogen and oxygen atoms in total. The van der Waals surface area contributed by atoms with E-state index in [4.69, 9.17) is 11.5 Å². The first-order chi connectivity index (χ1) is 8.60. The quantitative estimate of drug-likeness (QED) is 0.685. The number of primary amides is 1. The number of rotatable bonds is 4. The van der Waals surface area contributed by atoms with Crippen LogP contribution in [-0.4, -0.2) is 32.2 Å². The van der Waals surface area contributed by atoms with Gasteiger partial charge in [-0.05, 0) is 13.0 Å². The molecule has 0 spiro atoms. The predicted molar refractivity (Wildman–Crippen MR) is 66.2 cm³/mol. The smallest absolute Gasteiger partial charge is 0.269 e. The van der Waals surface area contributed by atoms with E-state index < -0.39 is 5.91 Å². The number of nitrogens with two attached hydrogens (primary N) is 2. The van der Waals surface area contributed by atoms with Crippen LogP contribution in [0.3, 0.4) is 0 Å². The zero-order valence-corrected chi connectivity index (χ0v) is 9.79. The Hall–Kier alpha value is -2.64. The van der Waals surface area contributed by atoms with Gasteiger partial charge >= 0.3 is 0 Å². The summed E-state index contributed by atoms with van der Waals surface area (Å²) < 4.78 is 1.42. The van der Waals surface area contributed by atoms with Gasteiger partial charge in [0, 0.05) is 18.8 Å². The summed E-state index contributed by atoms with van der Waals surface area (Å²) in [5, 5.41) is 7.02. The van der Waals surface area contributed by atoms with Gasteiger partial charge < -0.3 is 16.8 Å². The number of carbonyl (C=O) groups excluding carboxylic acids is 1. The third-order valence-corrected chi connectivity index (χ3v) is 2.16. The lowest BCUT2D eigenvalue weighted by atomic mass is 10.4. The highest BCUT2D eigenvalue weighted by molar-refractivity contribution is 5.90. The van der Waals surface area contributed by atoms with Crippen molar-refractivity contribution in [1.29, 1.82) is 0 Å². The molecule has 2 rings (SSSR count). The molecule has 94 valence electrons. The van der Waals surface area contributed by atoms with Gasteiger partial charge in [0.05, 0.1) is 0 Å².